The number of likely N-dealkylation sites (N-methyl/N-ethyl adjacent to an activating group) is 1. The smallest absolute Gasteiger partial charge is 0.184 e. The van der Waals surface area contributed by atoms with Crippen LogP contribution in [0.15, 0.2) is 5.38 Å². The van der Waals surface area contributed by atoms with Crippen LogP contribution in [0, 0.1) is 0 Å². The van der Waals surface area contributed by atoms with Gasteiger partial charge in [-0.15, -0.1) is 11.3 Å². The fraction of sp³-hybridized carbons (Fsp3) is 0.571. The van der Waals surface area contributed by atoms with Crippen LogP contribution in [0.3, 0.4) is 0 Å². The van der Waals surface area contributed by atoms with Gasteiger partial charge in [-0.2, -0.15) is 0 Å². The number of nitrogens with zero attached hydrogens (tertiary/aromatic N) is 2. The van der Waals surface area contributed by atoms with Crippen molar-refractivity contribution in [3.8, 4) is 0 Å². The van der Waals surface area contributed by atoms with E-state index in [4.69, 9.17) is 11.6 Å². The first-order chi connectivity index (χ1) is 5.68. The van der Waals surface area contributed by atoms with Gasteiger partial charge in [0.25, 0.3) is 0 Å². The Balaban J connectivity index is 2.24. The van der Waals surface area contributed by atoms with Crippen LogP contribution in [0.4, 0.5) is 5.13 Å². The lowest BCUT2D eigenvalue weighted by atomic mass is 10.6. The molecule has 68 valence electrons. The zero-order chi connectivity index (χ0) is 8.97. The van der Waals surface area contributed by atoms with Crippen molar-refractivity contribution in [2.45, 2.75) is 0 Å². The van der Waals surface area contributed by atoms with E-state index in [0.29, 0.717) is 5.15 Å². The summed E-state index contributed by atoms with van der Waals surface area (Å²) in [5.41, 5.74) is 0. The predicted molar refractivity (Wildman–Crippen MR) is 54.2 cm³/mol. The number of anilines is 1. The van der Waals surface area contributed by atoms with Crippen molar-refractivity contribution >= 4 is 28.1 Å². The molecule has 1 aromatic heterocycles. The lowest BCUT2D eigenvalue weighted by Crippen LogP contribution is -2.20. The van der Waals surface area contributed by atoms with Crippen molar-refractivity contribution in [2.75, 3.05) is 32.5 Å². The molecule has 3 nitrogen and oxygen atoms in total. The largest absolute Gasteiger partial charge is 0.360 e. The second kappa shape index (κ2) is 4.64. The minimum atomic E-state index is 0.562. The molecule has 0 radical (unpaired) electrons. The van der Waals surface area contributed by atoms with Crippen LogP contribution in [0.2, 0.25) is 5.15 Å². The van der Waals surface area contributed by atoms with Crippen LogP contribution in [0.5, 0.6) is 0 Å². The van der Waals surface area contributed by atoms with E-state index in [0.717, 1.165) is 18.2 Å². The second-order valence-electron chi connectivity index (χ2n) is 2.71. The fourth-order valence-corrected chi connectivity index (χ4v) is 1.59. The Hall–Kier alpha value is -0.320. The Bertz CT molecular complexity index is 236. The van der Waals surface area contributed by atoms with Crippen molar-refractivity contribution in [1.82, 2.24) is 9.88 Å². The summed E-state index contributed by atoms with van der Waals surface area (Å²) in [4.78, 5) is 6.18. The van der Waals surface area contributed by atoms with Crippen molar-refractivity contribution in [1.29, 1.82) is 0 Å². The van der Waals surface area contributed by atoms with Crippen LogP contribution >= 0.6 is 22.9 Å². The molecule has 1 heterocycles. The third-order valence-corrected chi connectivity index (χ3v) is 2.43. The molecule has 0 bridgehead atoms. The Morgan fingerprint density at radius 3 is 2.92 bits per heavy atom. The van der Waals surface area contributed by atoms with E-state index in [9.17, 15) is 0 Å². The van der Waals surface area contributed by atoms with Crippen LogP contribution < -0.4 is 5.32 Å². The first-order valence-electron chi connectivity index (χ1n) is 3.68. The summed E-state index contributed by atoms with van der Waals surface area (Å²) in [5.74, 6) is 0. The van der Waals surface area contributed by atoms with Crippen LogP contribution in [-0.2, 0) is 0 Å². The average Bonchev–Trinajstić information content (AvgIpc) is 2.35. The SMILES string of the molecule is CN(C)CCNc1nc(Cl)cs1. The monoisotopic (exact) mass is 205 g/mol. The van der Waals surface area contributed by atoms with Crippen LogP contribution in [0.1, 0.15) is 0 Å². The van der Waals surface area contributed by atoms with Crippen LogP contribution in [0.25, 0.3) is 0 Å². The molecule has 0 fully saturated rings. The maximum atomic E-state index is 5.65. The summed E-state index contributed by atoms with van der Waals surface area (Å²) < 4.78 is 0. The van der Waals surface area contributed by atoms with E-state index in [2.05, 4.69) is 15.2 Å². The second-order valence-corrected chi connectivity index (χ2v) is 3.95. The number of thiazole rings is 1. The molecule has 12 heavy (non-hydrogen) atoms. The standard InChI is InChI=1S/C7H12ClN3S/c1-11(2)4-3-9-7-10-6(8)5-12-7/h5H,3-4H2,1-2H3,(H,9,10). The normalized spacial score (nSPS) is 10.7. The average molecular weight is 206 g/mol. The van der Waals surface area contributed by atoms with Gasteiger partial charge in [0.1, 0.15) is 5.15 Å². The molecule has 0 aromatic carbocycles. The molecule has 1 N–H and O–H groups in total. The van der Waals surface area contributed by atoms with Crippen LogP contribution in [-0.4, -0.2) is 37.1 Å². The lowest BCUT2D eigenvalue weighted by Gasteiger charge is -2.08. The third-order valence-electron chi connectivity index (χ3n) is 1.31. The van der Waals surface area contributed by atoms with Gasteiger partial charge < -0.3 is 10.2 Å². The van der Waals surface area contributed by atoms with Gasteiger partial charge in [0.15, 0.2) is 5.13 Å². The van der Waals surface area contributed by atoms with Crippen molar-refractivity contribution < 1.29 is 0 Å². The Morgan fingerprint density at radius 1 is 1.67 bits per heavy atom. The third kappa shape index (κ3) is 3.38. The minimum Gasteiger partial charge on any atom is -0.360 e. The summed E-state index contributed by atoms with van der Waals surface area (Å²) in [7, 11) is 4.08. The Labute approximate surface area is 81.4 Å². The van der Waals surface area contributed by atoms with Gasteiger partial charge in [-0.25, -0.2) is 4.98 Å². The highest BCUT2D eigenvalue weighted by Gasteiger charge is 1.97. The number of aromatic nitrogens is 1. The summed E-state index contributed by atoms with van der Waals surface area (Å²) in [6, 6.07) is 0. The molecule has 0 aliphatic rings. The molecule has 0 aliphatic carbocycles. The number of halogens is 1. The molecule has 0 atom stereocenters. The summed E-state index contributed by atoms with van der Waals surface area (Å²) in [6.07, 6.45) is 0. The van der Waals surface area contributed by atoms with E-state index >= 15 is 0 Å². The molecule has 5 heteroatoms. The van der Waals surface area contributed by atoms with E-state index in [1.54, 1.807) is 0 Å². The van der Waals surface area contributed by atoms with Gasteiger partial charge in [0.2, 0.25) is 0 Å². The molecule has 0 aliphatic heterocycles. The van der Waals surface area contributed by atoms with Gasteiger partial charge in [-0.1, -0.05) is 11.6 Å². The highest BCUT2D eigenvalue weighted by molar-refractivity contribution is 7.14. The van der Waals surface area contributed by atoms with Gasteiger partial charge in [-0.3, -0.25) is 0 Å². The molecule has 0 spiro atoms. The topological polar surface area (TPSA) is 28.2 Å². The van der Waals surface area contributed by atoms with E-state index in [-0.39, 0.29) is 0 Å². The lowest BCUT2D eigenvalue weighted by molar-refractivity contribution is 0.425. The summed E-state index contributed by atoms with van der Waals surface area (Å²) in [5, 5.41) is 6.45. The maximum Gasteiger partial charge on any atom is 0.184 e. The minimum absolute atomic E-state index is 0.562. The number of hydrogen-bond acceptors (Lipinski definition) is 4. The van der Waals surface area contributed by atoms with Crippen molar-refractivity contribution in [3.05, 3.63) is 10.5 Å². The molecular weight excluding hydrogens is 194 g/mol. The van der Waals surface area contributed by atoms with E-state index in [1.807, 2.05) is 19.5 Å². The first-order valence-corrected chi connectivity index (χ1v) is 4.94. The quantitative estimate of drug-likeness (QED) is 0.812. The molecule has 0 amide bonds. The highest BCUT2D eigenvalue weighted by atomic mass is 35.5. The fourth-order valence-electron chi connectivity index (χ4n) is 0.722. The Kier molecular flexibility index (Phi) is 3.78. The molecule has 0 saturated heterocycles. The zero-order valence-electron chi connectivity index (χ0n) is 7.17. The highest BCUT2D eigenvalue weighted by Crippen LogP contribution is 2.18. The number of nitrogens with one attached hydrogen (secondary N) is 1. The molecule has 1 aromatic rings. The Morgan fingerprint density at radius 2 is 2.42 bits per heavy atom. The first kappa shape index (κ1) is 9.77. The van der Waals surface area contributed by atoms with Gasteiger partial charge in [0, 0.05) is 18.5 Å². The predicted octanol–water partition coefficient (Wildman–Crippen LogP) is 1.77. The molecule has 0 unspecified atom stereocenters. The summed E-state index contributed by atoms with van der Waals surface area (Å²) in [6.45, 7) is 1.90. The zero-order valence-corrected chi connectivity index (χ0v) is 8.74. The maximum absolute atomic E-state index is 5.65. The number of rotatable bonds is 4. The van der Waals surface area contributed by atoms with Crippen molar-refractivity contribution in [3.63, 3.8) is 0 Å². The summed E-state index contributed by atoms with van der Waals surface area (Å²) >= 11 is 7.18. The molecule has 0 saturated carbocycles. The van der Waals surface area contributed by atoms with E-state index < -0.39 is 0 Å². The van der Waals surface area contributed by atoms with Crippen molar-refractivity contribution in [2.24, 2.45) is 0 Å². The van der Waals surface area contributed by atoms with Gasteiger partial charge in [0.05, 0.1) is 0 Å². The van der Waals surface area contributed by atoms with Gasteiger partial charge >= 0.3 is 0 Å². The van der Waals surface area contributed by atoms with E-state index in [1.165, 1.54) is 11.3 Å². The number of hydrogen-bond donors (Lipinski definition) is 1. The molecular formula is C7H12ClN3S. The van der Waals surface area contributed by atoms with Gasteiger partial charge in [-0.05, 0) is 14.1 Å². The molecule has 1 rings (SSSR count).